The molecule has 0 aromatic carbocycles. The highest BCUT2D eigenvalue weighted by molar-refractivity contribution is 7.99. The van der Waals surface area contributed by atoms with Gasteiger partial charge in [0.05, 0.1) is 16.5 Å². The molecule has 0 unspecified atom stereocenters. The van der Waals surface area contributed by atoms with Gasteiger partial charge in [0.1, 0.15) is 0 Å². The molecule has 1 aliphatic rings. The highest BCUT2D eigenvalue weighted by Crippen LogP contribution is 2.43. The number of carboxylic acid groups (broad SMARTS) is 1. The summed E-state index contributed by atoms with van der Waals surface area (Å²) in [7, 11) is 0. The number of thioether (sulfide) groups is 1. The lowest BCUT2D eigenvalue weighted by Crippen LogP contribution is -2.44. The van der Waals surface area contributed by atoms with Crippen molar-refractivity contribution < 1.29 is 14.7 Å². The molecule has 0 saturated heterocycles. The number of rotatable bonds is 8. The van der Waals surface area contributed by atoms with Gasteiger partial charge in [-0.2, -0.15) is 0 Å². The molecule has 4 nitrogen and oxygen atoms in total. The van der Waals surface area contributed by atoms with Gasteiger partial charge >= 0.3 is 5.97 Å². The molecule has 0 radical (unpaired) electrons. The smallest absolute Gasteiger partial charge is 0.303 e. The molecule has 21 heavy (non-hydrogen) atoms. The summed E-state index contributed by atoms with van der Waals surface area (Å²) in [5.74, 6) is 0.344. The summed E-state index contributed by atoms with van der Waals surface area (Å²) in [5, 5.41) is 11.8. The third kappa shape index (κ3) is 5.20. The number of aliphatic carboxylic acids is 1. The van der Waals surface area contributed by atoms with Crippen molar-refractivity contribution in [2.45, 2.75) is 31.4 Å². The molecule has 0 spiro atoms. The number of thiophene rings is 1. The first kappa shape index (κ1) is 16.6. The number of nitrogens with one attached hydrogen (secondary N) is 1. The van der Waals surface area contributed by atoms with E-state index in [1.165, 1.54) is 11.3 Å². The molecule has 1 saturated carbocycles. The molecular formula is C14H18ClNO3S2. The van der Waals surface area contributed by atoms with Crippen LogP contribution in [0.3, 0.4) is 0 Å². The fourth-order valence-electron chi connectivity index (χ4n) is 2.42. The van der Waals surface area contributed by atoms with E-state index in [1.54, 1.807) is 11.8 Å². The average molecular weight is 348 g/mol. The van der Waals surface area contributed by atoms with Gasteiger partial charge < -0.3 is 10.4 Å². The van der Waals surface area contributed by atoms with E-state index in [4.69, 9.17) is 16.7 Å². The average Bonchev–Trinajstić information content (AvgIpc) is 2.78. The third-order valence-corrected chi connectivity index (χ3v) is 6.10. The second-order valence-corrected chi connectivity index (χ2v) is 8.18. The molecule has 116 valence electrons. The fourth-order valence-corrected chi connectivity index (χ4v) is 4.48. The maximum absolute atomic E-state index is 11.8. The second kappa shape index (κ2) is 7.51. The van der Waals surface area contributed by atoms with E-state index >= 15 is 0 Å². The first-order valence-electron chi connectivity index (χ1n) is 6.80. The number of carbonyl (C=O) groups excluding carboxylic acids is 1. The van der Waals surface area contributed by atoms with Crippen LogP contribution in [-0.4, -0.2) is 29.3 Å². The van der Waals surface area contributed by atoms with Crippen LogP contribution in [-0.2, 0) is 15.3 Å². The predicted octanol–water partition coefficient (Wildman–Crippen LogP) is 3.40. The van der Waals surface area contributed by atoms with Gasteiger partial charge in [0, 0.05) is 17.2 Å². The van der Waals surface area contributed by atoms with Crippen LogP contribution in [0.1, 0.15) is 30.6 Å². The van der Waals surface area contributed by atoms with Gasteiger partial charge in [-0.25, -0.2) is 0 Å². The Morgan fingerprint density at radius 2 is 2.19 bits per heavy atom. The molecule has 0 atom stereocenters. The molecule has 1 heterocycles. The number of carboxylic acids is 1. The van der Waals surface area contributed by atoms with Crippen molar-refractivity contribution in [3.63, 3.8) is 0 Å². The van der Waals surface area contributed by atoms with Crippen LogP contribution in [0, 0.1) is 5.41 Å². The summed E-state index contributed by atoms with van der Waals surface area (Å²) >= 11 is 8.91. The molecule has 1 aliphatic carbocycles. The molecule has 7 heteroatoms. The summed E-state index contributed by atoms with van der Waals surface area (Å²) in [4.78, 5) is 23.8. The Morgan fingerprint density at radius 3 is 2.71 bits per heavy atom. The van der Waals surface area contributed by atoms with E-state index in [-0.39, 0.29) is 17.7 Å². The normalized spacial score (nSPS) is 16.2. The largest absolute Gasteiger partial charge is 0.481 e. The standard InChI is InChI=1S/C14H18ClNO3S2/c15-11-3-2-10(21-11)7-20-8-12(17)16-9-14(4-1-5-14)6-13(18)19/h2-3H,1,4-9H2,(H,16,17)(H,18,19). The molecule has 1 aromatic rings. The maximum atomic E-state index is 11.8. The van der Waals surface area contributed by atoms with Crippen molar-refractivity contribution in [3.05, 3.63) is 21.3 Å². The monoisotopic (exact) mass is 347 g/mol. The van der Waals surface area contributed by atoms with Crippen molar-refractivity contribution in [2.24, 2.45) is 5.41 Å². The van der Waals surface area contributed by atoms with Crippen molar-refractivity contribution in [1.82, 2.24) is 5.32 Å². The quantitative estimate of drug-likeness (QED) is 0.756. The number of carbonyl (C=O) groups is 2. The van der Waals surface area contributed by atoms with Gasteiger partial charge in [-0.1, -0.05) is 18.0 Å². The Morgan fingerprint density at radius 1 is 1.43 bits per heavy atom. The minimum absolute atomic E-state index is 0.0284. The zero-order chi connectivity index (χ0) is 15.3. The van der Waals surface area contributed by atoms with Crippen molar-refractivity contribution in [2.75, 3.05) is 12.3 Å². The van der Waals surface area contributed by atoms with Gasteiger partial charge in [0.15, 0.2) is 0 Å². The molecule has 2 N–H and O–H groups in total. The van der Waals surface area contributed by atoms with Gasteiger partial charge in [0.25, 0.3) is 0 Å². The van der Waals surface area contributed by atoms with Gasteiger partial charge in [-0.3, -0.25) is 9.59 Å². The van der Waals surface area contributed by atoms with Crippen LogP contribution < -0.4 is 5.32 Å². The van der Waals surface area contributed by atoms with Crippen LogP contribution in [0.2, 0.25) is 4.34 Å². The third-order valence-electron chi connectivity index (χ3n) is 3.71. The Labute approximate surface area is 137 Å². The number of halogens is 1. The van der Waals surface area contributed by atoms with Crippen LogP contribution in [0.4, 0.5) is 0 Å². The zero-order valence-electron chi connectivity index (χ0n) is 11.6. The SMILES string of the molecule is O=C(O)CC1(CNC(=O)CSCc2ccc(Cl)s2)CCC1. The maximum Gasteiger partial charge on any atom is 0.303 e. The minimum atomic E-state index is -0.784. The van der Waals surface area contributed by atoms with Gasteiger partial charge in [0.2, 0.25) is 5.91 Å². The van der Waals surface area contributed by atoms with E-state index in [0.717, 1.165) is 34.2 Å². The topological polar surface area (TPSA) is 66.4 Å². The lowest BCUT2D eigenvalue weighted by Gasteiger charge is -2.40. The lowest BCUT2D eigenvalue weighted by molar-refractivity contribution is -0.141. The fraction of sp³-hybridized carbons (Fsp3) is 0.571. The van der Waals surface area contributed by atoms with Crippen molar-refractivity contribution in [3.8, 4) is 0 Å². The first-order chi connectivity index (χ1) is 9.99. The predicted molar refractivity (Wildman–Crippen MR) is 87.0 cm³/mol. The van der Waals surface area contributed by atoms with Crippen LogP contribution >= 0.6 is 34.7 Å². The Balaban J connectivity index is 1.66. The summed E-state index contributed by atoms with van der Waals surface area (Å²) in [6.45, 7) is 0.476. The van der Waals surface area contributed by atoms with E-state index in [2.05, 4.69) is 5.32 Å². The Hall–Kier alpha value is -0.720. The molecule has 0 bridgehead atoms. The van der Waals surface area contributed by atoms with Gasteiger partial charge in [-0.15, -0.1) is 23.1 Å². The van der Waals surface area contributed by atoms with Crippen molar-refractivity contribution >= 4 is 46.6 Å². The summed E-state index contributed by atoms with van der Waals surface area (Å²) in [6.07, 6.45) is 2.98. The van der Waals surface area contributed by atoms with Crippen LogP contribution in [0.15, 0.2) is 12.1 Å². The van der Waals surface area contributed by atoms with Crippen molar-refractivity contribution in [1.29, 1.82) is 0 Å². The highest BCUT2D eigenvalue weighted by Gasteiger charge is 2.39. The summed E-state index contributed by atoms with van der Waals surface area (Å²) in [5.41, 5.74) is -0.215. The van der Waals surface area contributed by atoms with E-state index < -0.39 is 5.97 Å². The summed E-state index contributed by atoms with van der Waals surface area (Å²) in [6, 6.07) is 3.82. The zero-order valence-corrected chi connectivity index (χ0v) is 14.0. The first-order valence-corrected chi connectivity index (χ1v) is 9.14. The molecule has 1 aromatic heterocycles. The van der Waals surface area contributed by atoms with E-state index in [9.17, 15) is 9.59 Å². The number of hydrogen-bond acceptors (Lipinski definition) is 4. The molecule has 1 fully saturated rings. The van der Waals surface area contributed by atoms with E-state index in [0.29, 0.717) is 12.3 Å². The Kier molecular flexibility index (Phi) is 5.96. The number of amides is 1. The number of hydrogen-bond donors (Lipinski definition) is 2. The lowest BCUT2D eigenvalue weighted by atomic mass is 9.66. The molecule has 1 amide bonds. The highest BCUT2D eigenvalue weighted by atomic mass is 35.5. The molecule has 2 rings (SSSR count). The Bertz CT molecular complexity index is 514. The van der Waals surface area contributed by atoms with Crippen LogP contribution in [0.25, 0.3) is 0 Å². The minimum Gasteiger partial charge on any atom is -0.481 e. The van der Waals surface area contributed by atoms with Crippen LogP contribution in [0.5, 0.6) is 0 Å². The van der Waals surface area contributed by atoms with Gasteiger partial charge in [-0.05, 0) is 30.4 Å². The molecular weight excluding hydrogens is 330 g/mol. The second-order valence-electron chi connectivity index (χ2n) is 5.40. The summed E-state index contributed by atoms with van der Waals surface area (Å²) < 4.78 is 0.760. The molecule has 0 aliphatic heterocycles. The van der Waals surface area contributed by atoms with E-state index in [1.807, 2.05) is 12.1 Å².